The van der Waals surface area contributed by atoms with Crippen molar-refractivity contribution in [2.24, 2.45) is 0 Å². The summed E-state index contributed by atoms with van der Waals surface area (Å²) in [5.41, 5.74) is 1.50. The molecule has 0 spiro atoms. The summed E-state index contributed by atoms with van der Waals surface area (Å²) in [5.74, 6) is 0.318. The maximum atomic E-state index is 13.5. The molecule has 2 heterocycles. The number of methoxy groups -OCH3 is 1. The topological polar surface area (TPSA) is 106 Å². The summed E-state index contributed by atoms with van der Waals surface area (Å²) in [6, 6.07) is 7.36. The molecule has 0 radical (unpaired) electrons. The molecular weight excluding hydrogens is 420 g/mol. The number of benzene rings is 1. The molecule has 0 saturated heterocycles. The van der Waals surface area contributed by atoms with E-state index in [1.54, 1.807) is 13.2 Å². The lowest BCUT2D eigenvalue weighted by Gasteiger charge is -2.21. The molecule has 0 atom stereocenters. The Hall–Kier alpha value is -3.42. The average Bonchev–Trinajstić information content (AvgIpc) is 3.60. The van der Waals surface area contributed by atoms with E-state index in [0.717, 1.165) is 24.1 Å². The first-order chi connectivity index (χ1) is 15.6. The summed E-state index contributed by atoms with van der Waals surface area (Å²) >= 11 is 0. The van der Waals surface area contributed by atoms with E-state index in [4.69, 9.17) is 4.74 Å². The normalized spacial score (nSPS) is 13.8. The van der Waals surface area contributed by atoms with Crippen LogP contribution in [0.25, 0.3) is 11.0 Å². The Labute approximate surface area is 192 Å². The Balaban J connectivity index is 1.88. The highest BCUT2D eigenvalue weighted by Crippen LogP contribution is 2.40. The van der Waals surface area contributed by atoms with E-state index in [1.165, 1.54) is 4.57 Å². The van der Waals surface area contributed by atoms with Crippen LogP contribution in [0.4, 0.5) is 5.69 Å². The first-order valence-electron chi connectivity index (χ1n) is 11.3. The number of H-pyrrole nitrogens is 1. The molecule has 1 fully saturated rings. The van der Waals surface area contributed by atoms with Gasteiger partial charge >= 0.3 is 5.69 Å². The van der Waals surface area contributed by atoms with Crippen LogP contribution in [-0.4, -0.2) is 27.6 Å². The molecule has 8 heteroatoms. The smallest absolute Gasteiger partial charge is 0.329 e. The molecule has 2 N–H and O–H groups in total. The molecule has 0 bridgehead atoms. The van der Waals surface area contributed by atoms with Gasteiger partial charge in [0.1, 0.15) is 5.75 Å². The Morgan fingerprint density at radius 1 is 1.24 bits per heavy atom. The minimum atomic E-state index is -0.613. The average molecular weight is 451 g/mol. The highest BCUT2D eigenvalue weighted by Gasteiger charge is 2.29. The van der Waals surface area contributed by atoms with E-state index < -0.39 is 17.2 Å². The number of fused-ring (bicyclic) bond motifs is 1. The molecular formula is C25H30N4O4. The molecule has 1 aliphatic rings. The summed E-state index contributed by atoms with van der Waals surface area (Å²) in [5, 5.41) is 3.05. The fraction of sp³-hybridized carbons (Fsp3) is 0.440. The zero-order valence-corrected chi connectivity index (χ0v) is 19.7. The maximum absolute atomic E-state index is 13.5. The van der Waals surface area contributed by atoms with Crippen LogP contribution < -0.4 is 21.3 Å². The van der Waals surface area contributed by atoms with Gasteiger partial charge < -0.3 is 10.1 Å². The molecule has 0 unspecified atom stereocenters. The Kier molecular flexibility index (Phi) is 5.86. The Bertz CT molecular complexity index is 1340. The molecule has 174 valence electrons. The van der Waals surface area contributed by atoms with Crippen molar-refractivity contribution in [3.05, 3.63) is 61.9 Å². The number of aromatic amines is 1. The number of carbonyl (C=O) groups excluding carboxylic acids is 1. The van der Waals surface area contributed by atoms with Crippen LogP contribution in [0.2, 0.25) is 0 Å². The molecule has 8 nitrogen and oxygen atoms in total. The van der Waals surface area contributed by atoms with Crippen LogP contribution in [0.15, 0.2) is 33.9 Å². The first-order valence-corrected chi connectivity index (χ1v) is 11.3. The number of anilines is 1. The highest BCUT2D eigenvalue weighted by atomic mass is 16.5. The second-order valence-electron chi connectivity index (χ2n) is 9.60. The van der Waals surface area contributed by atoms with Crippen LogP contribution in [0.5, 0.6) is 5.75 Å². The lowest BCUT2D eigenvalue weighted by atomic mass is 9.87. The zero-order chi connectivity index (χ0) is 23.9. The largest absolute Gasteiger partial charge is 0.495 e. The lowest BCUT2D eigenvalue weighted by Crippen LogP contribution is -2.32. The summed E-state index contributed by atoms with van der Waals surface area (Å²) in [7, 11) is 1.54. The number of aromatic nitrogens is 3. The fourth-order valence-electron chi connectivity index (χ4n) is 3.95. The van der Waals surface area contributed by atoms with Gasteiger partial charge in [-0.3, -0.25) is 19.1 Å². The van der Waals surface area contributed by atoms with Gasteiger partial charge in [0.05, 0.1) is 23.7 Å². The number of aryl methyl sites for hydroxylation is 1. The van der Waals surface area contributed by atoms with Crippen molar-refractivity contribution >= 4 is 22.6 Å². The van der Waals surface area contributed by atoms with Crippen molar-refractivity contribution in [2.45, 2.75) is 64.8 Å². The van der Waals surface area contributed by atoms with E-state index in [-0.39, 0.29) is 27.9 Å². The number of nitrogens with one attached hydrogen (secondary N) is 2. The Morgan fingerprint density at radius 2 is 1.97 bits per heavy atom. The first kappa shape index (κ1) is 22.8. The maximum Gasteiger partial charge on any atom is 0.329 e. The summed E-state index contributed by atoms with van der Waals surface area (Å²) in [6.07, 6.45) is 2.64. The number of ether oxygens (including phenoxy) is 1. The number of amides is 1. The quantitative estimate of drug-likeness (QED) is 0.592. The molecule has 1 aromatic carbocycles. The molecule has 1 aliphatic carbocycles. The van der Waals surface area contributed by atoms with E-state index in [0.29, 0.717) is 24.4 Å². The van der Waals surface area contributed by atoms with Crippen LogP contribution in [0.1, 0.15) is 74.5 Å². The van der Waals surface area contributed by atoms with Crippen LogP contribution in [0.3, 0.4) is 0 Å². The van der Waals surface area contributed by atoms with Gasteiger partial charge in [0.15, 0.2) is 5.65 Å². The van der Waals surface area contributed by atoms with Gasteiger partial charge in [-0.2, -0.15) is 0 Å². The summed E-state index contributed by atoms with van der Waals surface area (Å²) < 4.78 is 6.90. The second kappa shape index (κ2) is 8.50. The second-order valence-corrected chi connectivity index (χ2v) is 9.60. The lowest BCUT2D eigenvalue weighted by molar-refractivity contribution is 0.102. The van der Waals surface area contributed by atoms with Crippen molar-refractivity contribution < 1.29 is 9.53 Å². The third-order valence-corrected chi connectivity index (χ3v) is 5.97. The van der Waals surface area contributed by atoms with E-state index in [2.05, 4.69) is 36.1 Å². The third-order valence-electron chi connectivity index (χ3n) is 5.97. The van der Waals surface area contributed by atoms with Crippen LogP contribution in [-0.2, 0) is 12.0 Å². The highest BCUT2D eigenvalue weighted by molar-refractivity contribution is 6.12. The summed E-state index contributed by atoms with van der Waals surface area (Å²) in [6.45, 7) is 8.60. The van der Waals surface area contributed by atoms with Gasteiger partial charge in [-0.1, -0.05) is 33.8 Å². The van der Waals surface area contributed by atoms with E-state index in [9.17, 15) is 14.4 Å². The SMILES string of the molecule is CCCn1c(=O)[nH]c(=O)c2c(C(=O)Nc3cc(C(C)(C)C)ccc3OC)cc(C3CC3)nc21. The number of pyridine rings is 1. The molecule has 33 heavy (non-hydrogen) atoms. The van der Waals surface area contributed by atoms with Gasteiger partial charge in [-0.05, 0) is 48.4 Å². The van der Waals surface area contributed by atoms with Gasteiger partial charge in [0, 0.05) is 18.2 Å². The minimum absolute atomic E-state index is 0.121. The van der Waals surface area contributed by atoms with E-state index >= 15 is 0 Å². The Morgan fingerprint density at radius 3 is 2.58 bits per heavy atom. The molecule has 4 rings (SSSR count). The van der Waals surface area contributed by atoms with Gasteiger partial charge in [0.2, 0.25) is 0 Å². The number of carbonyl (C=O) groups is 1. The molecule has 1 amide bonds. The van der Waals surface area contributed by atoms with Gasteiger partial charge in [-0.25, -0.2) is 9.78 Å². The molecule has 1 saturated carbocycles. The van der Waals surface area contributed by atoms with Gasteiger partial charge in [-0.15, -0.1) is 0 Å². The number of hydrogen-bond donors (Lipinski definition) is 2. The molecule has 3 aromatic rings. The van der Waals surface area contributed by atoms with Crippen molar-refractivity contribution in [1.29, 1.82) is 0 Å². The van der Waals surface area contributed by atoms with Gasteiger partial charge in [0.25, 0.3) is 11.5 Å². The van der Waals surface area contributed by atoms with Crippen molar-refractivity contribution in [2.75, 3.05) is 12.4 Å². The monoisotopic (exact) mass is 450 g/mol. The fourth-order valence-corrected chi connectivity index (χ4v) is 3.95. The predicted molar refractivity (Wildman–Crippen MR) is 129 cm³/mol. The molecule has 0 aliphatic heterocycles. The standard InChI is InChI=1S/C25H30N4O4/c1-6-11-29-21-20(23(31)28-24(29)32)16(13-17(26-21)14-7-8-14)22(30)27-18-12-15(25(2,3)4)9-10-19(18)33-5/h9-10,12-14H,6-8,11H2,1-5H3,(H,27,30)(H,28,31,32). The number of hydrogen-bond acceptors (Lipinski definition) is 5. The predicted octanol–water partition coefficient (Wildman–Crippen LogP) is 3.93. The van der Waals surface area contributed by atoms with Crippen LogP contribution in [0, 0.1) is 0 Å². The number of rotatable bonds is 6. The zero-order valence-electron chi connectivity index (χ0n) is 19.7. The summed E-state index contributed by atoms with van der Waals surface area (Å²) in [4.78, 5) is 45.8. The van der Waals surface area contributed by atoms with Crippen molar-refractivity contribution in [1.82, 2.24) is 14.5 Å². The molecule has 2 aromatic heterocycles. The van der Waals surface area contributed by atoms with Crippen molar-refractivity contribution in [3.63, 3.8) is 0 Å². The van der Waals surface area contributed by atoms with Crippen molar-refractivity contribution in [3.8, 4) is 5.75 Å². The van der Waals surface area contributed by atoms with E-state index in [1.807, 2.05) is 25.1 Å². The third kappa shape index (κ3) is 4.42. The number of nitrogens with zero attached hydrogens (tertiary/aromatic N) is 2. The minimum Gasteiger partial charge on any atom is -0.495 e. The van der Waals surface area contributed by atoms with Crippen LogP contribution >= 0.6 is 0 Å².